The van der Waals surface area contributed by atoms with Gasteiger partial charge in [0.2, 0.25) is 0 Å². The number of benzene rings is 1. The Morgan fingerprint density at radius 2 is 2.10 bits per heavy atom. The number of rotatable bonds is 6. The molecule has 0 saturated heterocycles. The largest absolute Gasteiger partial charge is 0.489 e. The molecule has 1 aromatic carbocycles. The standard InChI is InChI=1S/C17H23NO3/c1-3-12-21-15-9-5-4-8-14(15)16(19)18(2)13-17(20)10-6-7-11-17/h3-5,8-9,20H,1,6-7,10-13H2,2H3. The van der Waals surface area contributed by atoms with Crippen LogP contribution >= 0.6 is 0 Å². The van der Waals surface area contributed by atoms with E-state index in [2.05, 4.69) is 6.58 Å². The molecule has 0 radical (unpaired) electrons. The molecule has 0 unspecified atom stereocenters. The number of likely N-dealkylation sites (N-methyl/N-ethyl adjacent to an activating group) is 1. The molecule has 1 aliphatic rings. The van der Waals surface area contributed by atoms with Crippen LogP contribution in [-0.4, -0.2) is 41.7 Å². The summed E-state index contributed by atoms with van der Waals surface area (Å²) in [6.45, 7) is 4.33. The molecular formula is C17H23NO3. The van der Waals surface area contributed by atoms with Crippen molar-refractivity contribution in [2.45, 2.75) is 31.3 Å². The summed E-state index contributed by atoms with van der Waals surface area (Å²) >= 11 is 0. The monoisotopic (exact) mass is 289 g/mol. The Balaban J connectivity index is 2.09. The Morgan fingerprint density at radius 3 is 2.76 bits per heavy atom. The summed E-state index contributed by atoms with van der Waals surface area (Å²) in [6.07, 6.45) is 5.22. The van der Waals surface area contributed by atoms with E-state index in [1.54, 1.807) is 30.2 Å². The zero-order valence-electron chi connectivity index (χ0n) is 12.5. The van der Waals surface area contributed by atoms with Crippen molar-refractivity contribution in [2.75, 3.05) is 20.2 Å². The number of amides is 1. The molecule has 1 fully saturated rings. The molecule has 1 saturated carbocycles. The summed E-state index contributed by atoms with van der Waals surface area (Å²) < 4.78 is 5.52. The van der Waals surface area contributed by atoms with Gasteiger partial charge in [0.05, 0.1) is 11.2 Å². The zero-order chi connectivity index (χ0) is 15.3. The number of nitrogens with zero attached hydrogens (tertiary/aromatic N) is 1. The first kappa shape index (κ1) is 15.6. The Labute approximate surface area is 126 Å². The second kappa shape index (κ2) is 6.76. The molecule has 1 N–H and O–H groups in total. The van der Waals surface area contributed by atoms with Gasteiger partial charge >= 0.3 is 0 Å². The molecule has 4 heteroatoms. The number of hydrogen-bond acceptors (Lipinski definition) is 3. The Morgan fingerprint density at radius 1 is 1.43 bits per heavy atom. The van der Waals surface area contributed by atoms with Crippen molar-refractivity contribution < 1.29 is 14.6 Å². The van der Waals surface area contributed by atoms with E-state index in [9.17, 15) is 9.90 Å². The summed E-state index contributed by atoms with van der Waals surface area (Å²) in [7, 11) is 1.73. The summed E-state index contributed by atoms with van der Waals surface area (Å²) in [5, 5.41) is 10.4. The third-order valence-corrected chi connectivity index (χ3v) is 3.89. The highest BCUT2D eigenvalue weighted by Crippen LogP contribution is 2.30. The molecule has 114 valence electrons. The van der Waals surface area contributed by atoms with Crippen molar-refractivity contribution in [2.24, 2.45) is 0 Å². The van der Waals surface area contributed by atoms with Gasteiger partial charge < -0.3 is 14.7 Å². The number of aliphatic hydroxyl groups is 1. The van der Waals surface area contributed by atoms with Crippen LogP contribution in [0.15, 0.2) is 36.9 Å². The summed E-state index contributed by atoms with van der Waals surface area (Å²) in [5.41, 5.74) is -0.218. The van der Waals surface area contributed by atoms with Crippen molar-refractivity contribution in [1.29, 1.82) is 0 Å². The zero-order valence-corrected chi connectivity index (χ0v) is 12.5. The lowest BCUT2D eigenvalue weighted by Crippen LogP contribution is -2.42. The molecule has 1 aliphatic carbocycles. The van der Waals surface area contributed by atoms with Crippen LogP contribution in [0.5, 0.6) is 5.75 Å². The second-order valence-electron chi connectivity index (χ2n) is 5.69. The number of carbonyl (C=O) groups excluding carboxylic acids is 1. The number of para-hydroxylation sites is 1. The molecule has 0 heterocycles. The van der Waals surface area contributed by atoms with Crippen molar-refractivity contribution in [1.82, 2.24) is 4.90 Å². The predicted octanol–water partition coefficient (Wildman–Crippen LogP) is 2.63. The molecule has 0 atom stereocenters. The van der Waals surface area contributed by atoms with Gasteiger partial charge in [0.1, 0.15) is 12.4 Å². The number of hydrogen-bond donors (Lipinski definition) is 1. The van der Waals surface area contributed by atoms with Gasteiger partial charge in [0.25, 0.3) is 5.91 Å². The van der Waals surface area contributed by atoms with E-state index in [4.69, 9.17) is 4.74 Å². The number of carbonyl (C=O) groups is 1. The van der Waals surface area contributed by atoms with Gasteiger partial charge in [-0.1, -0.05) is 37.6 Å². The van der Waals surface area contributed by atoms with Gasteiger partial charge in [0, 0.05) is 13.6 Å². The molecule has 0 aromatic heterocycles. The van der Waals surface area contributed by atoms with E-state index < -0.39 is 5.60 Å². The van der Waals surface area contributed by atoms with Gasteiger partial charge in [0.15, 0.2) is 0 Å². The van der Waals surface area contributed by atoms with Crippen LogP contribution in [0.1, 0.15) is 36.0 Å². The number of ether oxygens (including phenoxy) is 1. The van der Waals surface area contributed by atoms with Gasteiger partial charge in [-0.15, -0.1) is 0 Å². The maximum Gasteiger partial charge on any atom is 0.257 e. The minimum Gasteiger partial charge on any atom is -0.489 e. The minimum atomic E-state index is -0.735. The quantitative estimate of drug-likeness (QED) is 0.819. The third kappa shape index (κ3) is 3.85. The van der Waals surface area contributed by atoms with E-state index in [0.717, 1.165) is 25.7 Å². The van der Waals surface area contributed by atoms with E-state index in [1.807, 2.05) is 12.1 Å². The third-order valence-electron chi connectivity index (χ3n) is 3.89. The highest BCUT2D eigenvalue weighted by Gasteiger charge is 2.33. The van der Waals surface area contributed by atoms with Crippen LogP contribution in [-0.2, 0) is 0 Å². The first-order valence-electron chi connectivity index (χ1n) is 7.36. The van der Waals surface area contributed by atoms with Gasteiger partial charge in [-0.05, 0) is 25.0 Å². The lowest BCUT2D eigenvalue weighted by atomic mass is 10.0. The lowest BCUT2D eigenvalue weighted by molar-refractivity contribution is 0.0155. The Kier molecular flexibility index (Phi) is 5.02. The average Bonchev–Trinajstić information content (AvgIpc) is 2.91. The molecule has 1 amide bonds. The average molecular weight is 289 g/mol. The van der Waals surface area contributed by atoms with Crippen molar-refractivity contribution >= 4 is 5.91 Å². The maximum absolute atomic E-state index is 12.6. The molecule has 1 aromatic rings. The van der Waals surface area contributed by atoms with Crippen molar-refractivity contribution in [3.63, 3.8) is 0 Å². The van der Waals surface area contributed by atoms with Gasteiger partial charge in [-0.3, -0.25) is 4.79 Å². The SMILES string of the molecule is C=CCOc1ccccc1C(=O)N(C)CC1(O)CCCC1. The van der Waals surface area contributed by atoms with E-state index in [1.165, 1.54) is 0 Å². The molecular weight excluding hydrogens is 266 g/mol. The van der Waals surface area contributed by atoms with E-state index >= 15 is 0 Å². The fourth-order valence-corrected chi connectivity index (χ4v) is 2.83. The lowest BCUT2D eigenvalue weighted by Gasteiger charge is -2.29. The second-order valence-corrected chi connectivity index (χ2v) is 5.69. The van der Waals surface area contributed by atoms with Crippen LogP contribution in [0.25, 0.3) is 0 Å². The highest BCUT2D eigenvalue weighted by molar-refractivity contribution is 5.96. The molecule has 2 rings (SSSR count). The van der Waals surface area contributed by atoms with E-state index in [0.29, 0.717) is 24.5 Å². The molecule has 0 bridgehead atoms. The molecule has 4 nitrogen and oxygen atoms in total. The first-order chi connectivity index (χ1) is 10.1. The molecule has 21 heavy (non-hydrogen) atoms. The molecule has 0 spiro atoms. The summed E-state index contributed by atoms with van der Waals surface area (Å²) in [4.78, 5) is 14.2. The van der Waals surface area contributed by atoms with Crippen LogP contribution in [0, 0.1) is 0 Å². The van der Waals surface area contributed by atoms with Crippen molar-refractivity contribution in [3.05, 3.63) is 42.5 Å². The fraction of sp³-hybridized carbons (Fsp3) is 0.471. The van der Waals surface area contributed by atoms with Gasteiger partial charge in [-0.2, -0.15) is 0 Å². The summed E-state index contributed by atoms with van der Waals surface area (Å²) in [6, 6.07) is 7.16. The summed E-state index contributed by atoms with van der Waals surface area (Å²) in [5.74, 6) is 0.419. The van der Waals surface area contributed by atoms with Crippen LogP contribution < -0.4 is 4.74 Å². The first-order valence-corrected chi connectivity index (χ1v) is 7.36. The normalized spacial score (nSPS) is 16.5. The van der Waals surface area contributed by atoms with Crippen molar-refractivity contribution in [3.8, 4) is 5.75 Å². The smallest absolute Gasteiger partial charge is 0.257 e. The van der Waals surface area contributed by atoms with Crippen LogP contribution in [0.3, 0.4) is 0 Å². The Bertz CT molecular complexity index is 507. The Hall–Kier alpha value is -1.81. The van der Waals surface area contributed by atoms with Crippen LogP contribution in [0.4, 0.5) is 0 Å². The molecule has 0 aliphatic heterocycles. The highest BCUT2D eigenvalue weighted by atomic mass is 16.5. The van der Waals surface area contributed by atoms with Gasteiger partial charge in [-0.25, -0.2) is 0 Å². The maximum atomic E-state index is 12.6. The van der Waals surface area contributed by atoms with Crippen LogP contribution in [0.2, 0.25) is 0 Å². The predicted molar refractivity (Wildman–Crippen MR) is 82.5 cm³/mol. The van der Waals surface area contributed by atoms with E-state index in [-0.39, 0.29) is 5.91 Å². The topological polar surface area (TPSA) is 49.8 Å². The fourth-order valence-electron chi connectivity index (χ4n) is 2.83. The minimum absolute atomic E-state index is 0.130.